The number of nitrogens with one attached hydrogen (secondary N) is 1. The van der Waals surface area contributed by atoms with Crippen molar-refractivity contribution in [2.24, 2.45) is 5.73 Å². The Labute approximate surface area is 97.4 Å². The van der Waals surface area contributed by atoms with E-state index in [2.05, 4.69) is 5.32 Å². The molecule has 0 saturated carbocycles. The van der Waals surface area contributed by atoms with Gasteiger partial charge in [0.1, 0.15) is 11.6 Å². The summed E-state index contributed by atoms with van der Waals surface area (Å²) in [5, 5.41) is 2.33. The van der Waals surface area contributed by atoms with Crippen molar-refractivity contribution in [3.05, 3.63) is 29.8 Å². The quantitative estimate of drug-likeness (QED) is 0.812. The highest BCUT2D eigenvalue weighted by atomic mass is 19.1. The molecule has 1 aliphatic heterocycles. The zero-order valence-corrected chi connectivity index (χ0v) is 9.12. The number of likely N-dealkylation sites (tertiary alicyclic amines) is 1. The molecule has 17 heavy (non-hydrogen) atoms. The average molecular weight is 241 g/mol. The maximum atomic E-state index is 13.2. The van der Waals surface area contributed by atoms with Crippen LogP contribution in [0.5, 0.6) is 0 Å². The molecule has 0 unspecified atom stereocenters. The van der Waals surface area contributed by atoms with Gasteiger partial charge in [0.25, 0.3) is 0 Å². The molecule has 0 aliphatic carbocycles. The van der Waals surface area contributed by atoms with Crippen LogP contribution in [0.3, 0.4) is 0 Å². The molecular formula is C11H13F2N3O. The number of carbonyl (C=O) groups is 1. The third-order valence-electron chi connectivity index (χ3n) is 2.56. The van der Waals surface area contributed by atoms with Crippen molar-refractivity contribution in [3.63, 3.8) is 0 Å². The van der Waals surface area contributed by atoms with Crippen molar-refractivity contribution in [3.8, 4) is 0 Å². The van der Waals surface area contributed by atoms with Crippen LogP contribution in [-0.4, -0.2) is 36.5 Å². The number of amides is 1. The van der Waals surface area contributed by atoms with E-state index in [0.717, 1.165) is 18.2 Å². The van der Waals surface area contributed by atoms with Gasteiger partial charge in [-0.15, -0.1) is 0 Å². The lowest BCUT2D eigenvalue weighted by Gasteiger charge is -2.36. The lowest BCUT2D eigenvalue weighted by molar-refractivity contribution is -0.118. The number of rotatable bonds is 3. The molecule has 2 rings (SSSR count). The molecule has 92 valence electrons. The van der Waals surface area contributed by atoms with Crippen LogP contribution < -0.4 is 11.1 Å². The van der Waals surface area contributed by atoms with Crippen LogP contribution in [0.4, 0.5) is 14.5 Å². The molecule has 3 N–H and O–H groups in total. The molecule has 1 fully saturated rings. The third kappa shape index (κ3) is 2.98. The highest BCUT2D eigenvalue weighted by Gasteiger charge is 2.24. The van der Waals surface area contributed by atoms with Crippen molar-refractivity contribution in [1.29, 1.82) is 0 Å². The number of hydrogen-bond donors (Lipinski definition) is 2. The topological polar surface area (TPSA) is 58.4 Å². The summed E-state index contributed by atoms with van der Waals surface area (Å²) in [7, 11) is 0. The maximum absolute atomic E-state index is 13.2. The standard InChI is InChI=1S/C11H13F2N3O/c12-7-1-2-9(13)10(3-7)15-11(17)6-16-4-8(14)5-16/h1-3,8H,4-6,14H2,(H,15,17). The zero-order valence-electron chi connectivity index (χ0n) is 9.12. The van der Waals surface area contributed by atoms with Crippen molar-refractivity contribution in [1.82, 2.24) is 4.90 Å². The highest BCUT2D eigenvalue weighted by molar-refractivity contribution is 5.92. The fourth-order valence-corrected chi connectivity index (χ4v) is 1.73. The second kappa shape index (κ2) is 4.77. The van der Waals surface area contributed by atoms with Gasteiger partial charge in [-0.05, 0) is 12.1 Å². The van der Waals surface area contributed by atoms with Crippen LogP contribution in [0.2, 0.25) is 0 Å². The van der Waals surface area contributed by atoms with E-state index in [1.165, 1.54) is 0 Å². The summed E-state index contributed by atoms with van der Waals surface area (Å²) >= 11 is 0. The molecule has 1 saturated heterocycles. The van der Waals surface area contributed by atoms with Crippen LogP contribution in [0, 0.1) is 11.6 Å². The van der Waals surface area contributed by atoms with E-state index < -0.39 is 11.6 Å². The Hall–Kier alpha value is -1.53. The minimum atomic E-state index is -0.653. The number of benzene rings is 1. The molecule has 0 bridgehead atoms. The second-order valence-corrected chi connectivity index (χ2v) is 4.13. The summed E-state index contributed by atoms with van der Waals surface area (Å²) in [5.74, 6) is -1.62. The van der Waals surface area contributed by atoms with E-state index in [9.17, 15) is 13.6 Å². The lowest BCUT2D eigenvalue weighted by atomic mass is 10.1. The molecule has 1 heterocycles. The smallest absolute Gasteiger partial charge is 0.238 e. The molecule has 0 atom stereocenters. The van der Waals surface area contributed by atoms with Gasteiger partial charge in [0.15, 0.2) is 0 Å². The Bertz CT molecular complexity index is 433. The van der Waals surface area contributed by atoms with Crippen molar-refractivity contribution < 1.29 is 13.6 Å². The van der Waals surface area contributed by atoms with Gasteiger partial charge >= 0.3 is 0 Å². The first-order valence-corrected chi connectivity index (χ1v) is 5.27. The molecule has 6 heteroatoms. The second-order valence-electron chi connectivity index (χ2n) is 4.13. The summed E-state index contributed by atoms with van der Waals surface area (Å²) in [4.78, 5) is 13.3. The van der Waals surface area contributed by atoms with Crippen molar-refractivity contribution in [2.45, 2.75) is 6.04 Å². The summed E-state index contributed by atoms with van der Waals surface area (Å²) in [6.07, 6.45) is 0. The fraction of sp³-hybridized carbons (Fsp3) is 0.364. The van der Waals surface area contributed by atoms with Crippen LogP contribution in [0.25, 0.3) is 0 Å². The molecule has 1 aromatic rings. The summed E-state index contributed by atoms with van der Waals surface area (Å²) in [5.41, 5.74) is 5.42. The summed E-state index contributed by atoms with van der Waals surface area (Å²) in [6, 6.07) is 3.03. The largest absolute Gasteiger partial charge is 0.325 e. The first-order chi connectivity index (χ1) is 8.04. The number of halogens is 2. The Balaban J connectivity index is 1.91. The normalized spacial score (nSPS) is 16.6. The van der Waals surface area contributed by atoms with Crippen LogP contribution in [-0.2, 0) is 4.79 Å². The van der Waals surface area contributed by atoms with Crippen LogP contribution >= 0.6 is 0 Å². The molecule has 1 aliphatic rings. The van der Waals surface area contributed by atoms with Crippen LogP contribution in [0.15, 0.2) is 18.2 Å². The molecule has 1 amide bonds. The lowest BCUT2D eigenvalue weighted by Crippen LogP contribution is -2.57. The first-order valence-electron chi connectivity index (χ1n) is 5.27. The predicted octanol–water partition coefficient (Wildman–Crippen LogP) is 0.546. The van der Waals surface area contributed by atoms with Crippen LogP contribution in [0.1, 0.15) is 0 Å². The first kappa shape index (κ1) is 11.9. The van der Waals surface area contributed by atoms with Gasteiger partial charge in [-0.25, -0.2) is 8.78 Å². The Morgan fingerprint density at radius 1 is 1.47 bits per heavy atom. The Morgan fingerprint density at radius 3 is 2.82 bits per heavy atom. The Kier molecular flexibility index (Phi) is 3.35. The number of carbonyl (C=O) groups excluding carboxylic acids is 1. The minimum absolute atomic E-state index is 0.105. The molecule has 0 spiro atoms. The SMILES string of the molecule is NC1CN(CC(=O)Nc2cc(F)ccc2F)C1. The Morgan fingerprint density at radius 2 is 2.18 bits per heavy atom. The predicted molar refractivity (Wildman–Crippen MR) is 59.4 cm³/mol. The summed E-state index contributed by atoms with van der Waals surface area (Å²) < 4.78 is 26.1. The number of anilines is 1. The number of nitrogens with zero attached hydrogens (tertiary/aromatic N) is 1. The zero-order chi connectivity index (χ0) is 12.4. The summed E-state index contributed by atoms with van der Waals surface area (Å²) in [6.45, 7) is 1.45. The van der Waals surface area contributed by atoms with Gasteiger partial charge in [-0.3, -0.25) is 9.69 Å². The van der Waals surface area contributed by atoms with E-state index in [0.29, 0.717) is 13.1 Å². The maximum Gasteiger partial charge on any atom is 0.238 e. The highest BCUT2D eigenvalue weighted by Crippen LogP contribution is 2.15. The molecular weight excluding hydrogens is 228 g/mol. The molecule has 4 nitrogen and oxygen atoms in total. The van der Waals surface area contributed by atoms with E-state index >= 15 is 0 Å². The van der Waals surface area contributed by atoms with Gasteiger partial charge in [0.2, 0.25) is 5.91 Å². The molecule has 0 radical (unpaired) electrons. The van der Waals surface area contributed by atoms with Gasteiger partial charge in [0.05, 0.1) is 12.2 Å². The van der Waals surface area contributed by atoms with E-state index in [1.54, 1.807) is 0 Å². The van der Waals surface area contributed by atoms with Crippen molar-refractivity contribution >= 4 is 11.6 Å². The number of hydrogen-bond acceptors (Lipinski definition) is 3. The molecule has 1 aromatic carbocycles. The van der Waals surface area contributed by atoms with E-state index in [4.69, 9.17) is 5.73 Å². The monoisotopic (exact) mass is 241 g/mol. The minimum Gasteiger partial charge on any atom is -0.325 e. The van der Waals surface area contributed by atoms with E-state index in [1.807, 2.05) is 4.90 Å². The van der Waals surface area contributed by atoms with Gasteiger partial charge in [0, 0.05) is 25.2 Å². The average Bonchev–Trinajstić information content (AvgIpc) is 2.21. The van der Waals surface area contributed by atoms with E-state index in [-0.39, 0.29) is 24.2 Å². The van der Waals surface area contributed by atoms with Gasteiger partial charge in [-0.2, -0.15) is 0 Å². The van der Waals surface area contributed by atoms with Gasteiger partial charge < -0.3 is 11.1 Å². The fourth-order valence-electron chi connectivity index (χ4n) is 1.73. The van der Waals surface area contributed by atoms with Gasteiger partial charge in [-0.1, -0.05) is 0 Å². The van der Waals surface area contributed by atoms with Crippen molar-refractivity contribution in [2.75, 3.05) is 25.0 Å². The molecule has 0 aromatic heterocycles. The number of nitrogens with two attached hydrogens (primary N) is 1. The third-order valence-corrected chi connectivity index (χ3v) is 2.56.